The molecule has 9 nitrogen and oxygen atoms in total. The van der Waals surface area contributed by atoms with E-state index in [2.05, 4.69) is 20.2 Å². The number of carbonyl (C=O) groups is 1. The summed E-state index contributed by atoms with van der Waals surface area (Å²) in [6.07, 6.45) is 0.831. The average Bonchev–Trinajstić information content (AvgIpc) is 3.06. The van der Waals surface area contributed by atoms with Gasteiger partial charge in [-0.2, -0.15) is 4.72 Å². The first-order chi connectivity index (χ1) is 12.3. The molecule has 1 atom stereocenters. The van der Waals surface area contributed by atoms with Gasteiger partial charge in [0.2, 0.25) is 10.0 Å². The van der Waals surface area contributed by atoms with Crippen LogP contribution < -0.4 is 4.72 Å². The smallest absolute Gasteiger partial charge is 0.324 e. The number of rotatable bonds is 9. The van der Waals surface area contributed by atoms with Gasteiger partial charge in [0.05, 0.1) is 4.90 Å². The molecule has 0 aliphatic heterocycles. The maximum atomic E-state index is 12.5. The molecule has 1 N–H and O–H groups in total. The standard InChI is InChI=1S/C16H23N5O4S/c1-4-10-21-14(17-19-20-21)11-25-16(22)15(12(2)3)18-26(23,24)13-8-6-5-7-9-13/h5-9,12,15,18H,4,10-11H2,1-3H3/t15-/m1/s1. The minimum absolute atomic E-state index is 0.0883. The summed E-state index contributed by atoms with van der Waals surface area (Å²) >= 11 is 0. The number of hydrogen-bond donors (Lipinski definition) is 1. The average molecular weight is 381 g/mol. The Morgan fingerprint density at radius 1 is 1.27 bits per heavy atom. The van der Waals surface area contributed by atoms with E-state index >= 15 is 0 Å². The van der Waals surface area contributed by atoms with Crippen molar-refractivity contribution in [3.63, 3.8) is 0 Å². The number of sulfonamides is 1. The lowest BCUT2D eigenvalue weighted by Gasteiger charge is -2.20. The Hall–Kier alpha value is -2.33. The van der Waals surface area contributed by atoms with Crippen LogP contribution in [0, 0.1) is 5.92 Å². The lowest BCUT2D eigenvalue weighted by molar-refractivity contribution is -0.148. The van der Waals surface area contributed by atoms with Gasteiger partial charge in [0.1, 0.15) is 6.04 Å². The van der Waals surface area contributed by atoms with Crippen LogP contribution in [0.5, 0.6) is 0 Å². The molecule has 0 aliphatic rings. The molecule has 0 fully saturated rings. The summed E-state index contributed by atoms with van der Waals surface area (Å²) in [4.78, 5) is 12.5. The van der Waals surface area contributed by atoms with Crippen molar-refractivity contribution in [3.8, 4) is 0 Å². The fraction of sp³-hybridized carbons (Fsp3) is 0.500. The number of benzene rings is 1. The van der Waals surface area contributed by atoms with Gasteiger partial charge in [0.25, 0.3) is 0 Å². The molecule has 1 aromatic carbocycles. The number of aromatic nitrogens is 4. The topological polar surface area (TPSA) is 116 Å². The molecule has 1 aromatic heterocycles. The molecule has 0 bridgehead atoms. The van der Waals surface area contributed by atoms with Gasteiger partial charge in [0, 0.05) is 6.54 Å². The van der Waals surface area contributed by atoms with Crippen molar-refractivity contribution in [1.29, 1.82) is 0 Å². The molecule has 1 heterocycles. The highest BCUT2D eigenvalue weighted by Crippen LogP contribution is 2.13. The number of esters is 1. The summed E-state index contributed by atoms with van der Waals surface area (Å²) in [5.74, 6) is -0.563. The van der Waals surface area contributed by atoms with Crippen LogP contribution in [-0.4, -0.2) is 40.6 Å². The van der Waals surface area contributed by atoms with Crippen molar-refractivity contribution in [1.82, 2.24) is 24.9 Å². The highest BCUT2D eigenvalue weighted by Gasteiger charge is 2.30. The van der Waals surface area contributed by atoms with Gasteiger partial charge in [0.15, 0.2) is 12.4 Å². The first-order valence-corrected chi connectivity index (χ1v) is 9.82. The van der Waals surface area contributed by atoms with E-state index in [1.807, 2.05) is 6.92 Å². The molecule has 0 unspecified atom stereocenters. The van der Waals surface area contributed by atoms with E-state index in [0.29, 0.717) is 12.4 Å². The van der Waals surface area contributed by atoms with Crippen LogP contribution in [0.1, 0.15) is 33.0 Å². The summed E-state index contributed by atoms with van der Waals surface area (Å²) in [6.45, 7) is 5.93. The van der Waals surface area contributed by atoms with Gasteiger partial charge in [-0.25, -0.2) is 13.1 Å². The monoisotopic (exact) mass is 381 g/mol. The molecule has 10 heteroatoms. The molecule has 0 saturated carbocycles. The zero-order valence-corrected chi connectivity index (χ0v) is 15.8. The van der Waals surface area contributed by atoms with Crippen molar-refractivity contribution in [2.45, 2.75) is 51.3 Å². The SMILES string of the molecule is CCCn1nnnc1COC(=O)[C@H](NS(=O)(=O)c1ccccc1)C(C)C. The Morgan fingerprint density at radius 2 is 1.96 bits per heavy atom. The van der Waals surface area contributed by atoms with Crippen molar-refractivity contribution in [2.24, 2.45) is 5.92 Å². The molecule has 0 spiro atoms. The van der Waals surface area contributed by atoms with E-state index in [4.69, 9.17) is 4.74 Å². The Morgan fingerprint density at radius 3 is 2.58 bits per heavy atom. The Kier molecular flexibility index (Phi) is 6.81. The number of nitrogens with zero attached hydrogens (tertiary/aromatic N) is 4. The van der Waals surface area contributed by atoms with Crippen molar-refractivity contribution < 1.29 is 17.9 Å². The van der Waals surface area contributed by atoms with Crippen LogP contribution in [0.2, 0.25) is 0 Å². The molecule has 0 radical (unpaired) electrons. The molecule has 2 rings (SSSR count). The van der Waals surface area contributed by atoms with E-state index in [-0.39, 0.29) is 17.4 Å². The van der Waals surface area contributed by atoms with E-state index in [0.717, 1.165) is 6.42 Å². The van der Waals surface area contributed by atoms with Gasteiger partial charge in [-0.05, 0) is 34.9 Å². The molecular formula is C16H23N5O4S. The van der Waals surface area contributed by atoms with Gasteiger partial charge < -0.3 is 4.74 Å². The first-order valence-electron chi connectivity index (χ1n) is 8.34. The van der Waals surface area contributed by atoms with Gasteiger partial charge in [-0.3, -0.25) is 4.79 Å². The molecule has 142 valence electrons. The van der Waals surface area contributed by atoms with E-state index in [1.54, 1.807) is 36.7 Å². The fourth-order valence-electron chi connectivity index (χ4n) is 2.23. The summed E-state index contributed by atoms with van der Waals surface area (Å²) in [5.41, 5.74) is 0. The lowest BCUT2D eigenvalue weighted by atomic mass is 10.1. The molecular weight excluding hydrogens is 358 g/mol. The van der Waals surface area contributed by atoms with Gasteiger partial charge in [-0.1, -0.05) is 39.0 Å². The number of hydrogen-bond acceptors (Lipinski definition) is 7. The molecule has 0 amide bonds. The number of carbonyl (C=O) groups excluding carboxylic acids is 1. The highest BCUT2D eigenvalue weighted by molar-refractivity contribution is 7.89. The zero-order valence-electron chi connectivity index (χ0n) is 15.0. The minimum Gasteiger partial charge on any atom is -0.456 e. The summed E-state index contributed by atoms with van der Waals surface area (Å²) < 4.78 is 34.2. The number of ether oxygens (including phenoxy) is 1. The Balaban J connectivity index is 2.07. The summed E-state index contributed by atoms with van der Waals surface area (Å²) in [6, 6.07) is 6.85. The normalized spacial score (nSPS) is 12.9. The number of tetrazole rings is 1. The third-order valence-electron chi connectivity index (χ3n) is 3.64. The third-order valence-corrected chi connectivity index (χ3v) is 5.10. The maximum absolute atomic E-state index is 12.5. The molecule has 26 heavy (non-hydrogen) atoms. The fourth-order valence-corrected chi connectivity index (χ4v) is 3.58. The lowest BCUT2D eigenvalue weighted by Crippen LogP contribution is -2.45. The quantitative estimate of drug-likeness (QED) is 0.647. The summed E-state index contributed by atoms with van der Waals surface area (Å²) in [7, 11) is -3.83. The summed E-state index contributed by atoms with van der Waals surface area (Å²) in [5, 5.41) is 11.2. The van der Waals surface area contributed by atoms with Crippen LogP contribution in [0.15, 0.2) is 35.2 Å². The Labute approximate surface area is 152 Å². The van der Waals surface area contributed by atoms with E-state index < -0.39 is 22.0 Å². The Bertz CT molecular complexity index is 820. The van der Waals surface area contributed by atoms with Crippen LogP contribution in [0.3, 0.4) is 0 Å². The van der Waals surface area contributed by atoms with Crippen LogP contribution >= 0.6 is 0 Å². The predicted octanol–water partition coefficient (Wildman–Crippen LogP) is 1.13. The first kappa shape index (κ1) is 20.0. The largest absolute Gasteiger partial charge is 0.456 e. The van der Waals surface area contributed by atoms with Crippen molar-refractivity contribution >= 4 is 16.0 Å². The zero-order chi connectivity index (χ0) is 19.2. The van der Waals surface area contributed by atoms with Gasteiger partial charge >= 0.3 is 5.97 Å². The van der Waals surface area contributed by atoms with Crippen molar-refractivity contribution in [3.05, 3.63) is 36.2 Å². The molecule has 2 aromatic rings. The van der Waals surface area contributed by atoms with Crippen LogP contribution in [0.4, 0.5) is 0 Å². The number of nitrogens with one attached hydrogen (secondary N) is 1. The van der Waals surface area contributed by atoms with Crippen LogP contribution in [-0.2, 0) is 32.7 Å². The molecule has 0 saturated heterocycles. The second kappa shape index (κ2) is 8.86. The number of aryl methyl sites for hydroxylation is 1. The van der Waals surface area contributed by atoms with E-state index in [1.165, 1.54) is 12.1 Å². The predicted molar refractivity (Wildman–Crippen MR) is 93.3 cm³/mol. The third kappa shape index (κ3) is 5.09. The molecule has 0 aliphatic carbocycles. The highest BCUT2D eigenvalue weighted by atomic mass is 32.2. The van der Waals surface area contributed by atoms with Gasteiger partial charge in [-0.15, -0.1) is 5.10 Å². The van der Waals surface area contributed by atoms with E-state index in [9.17, 15) is 13.2 Å². The van der Waals surface area contributed by atoms with Crippen molar-refractivity contribution in [2.75, 3.05) is 0 Å². The van der Waals surface area contributed by atoms with Crippen LogP contribution in [0.25, 0.3) is 0 Å². The second-order valence-electron chi connectivity index (χ2n) is 6.08. The minimum atomic E-state index is -3.83. The second-order valence-corrected chi connectivity index (χ2v) is 7.80. The maximum Gasteiger partial charge on any atom is 0.324 e.